The molecular formula is C19H22N2O3S. The topological polar surface area (TPSA) is 58.6 Å². The summed E-state index contributed by atoms with van der Waals surface area (Å²) in [7, 11) is -3.52. The van der Waals surface area contributed by atoms with Gasteiger partial charge in [-0.05, 0) is 37.1 Å². The van der Waals surface area contributed by atoms with Gasteiger partial charge < -0.3 is 4.74 Å². The Morgan fingerprint density at radius 2 is 1.80 bits per heavy atom. The number of benzene rings is 2. The van der Waals surface area contributed by atoms with E-state index >= 15 is 0 Å². The second-order valence-electron chi connectivity index (χ2n) is 6.68. The minimum atomic E-state index is -3.52. The molecule has 2 aromatic carbocycles. The number of rotatable bonds is 4. The number of para-hydroxylation sites is 1. The van der Waals surface area contributed by atoms with Crippen molar-refractivity contribution in [1.82, 2.24) is 9.62 Å². The first-order valence-corrected chi connectivity index (χ1v) is 10.1. The van der Waals surface area contributed by atoms with Crippen LogP contribution in [0.25, 0.3) is 0 Å². The largest absolute Gasteiger partial charge is 0.486 e. The van der Waals surface area contributed by atoms with Crippen molar-refractivity contribution >= 4 is 10.0 Å². The van der Waals surface area contributed by atoms with Crippen molar-refractivity contribution in [3.05, 3.63) is 60.2 Å². The van der Waals surface area contributed by atoms with Gasteiger partial charge >= 0.3 is 0 Å². The Labute approximate surface area is 148 Å². The van der Waals surface area contributed by atoms with Crippen LogP contribution < -0.4 is 9.46 Å². The third-order valence-electron chi connectivity index (χ3n) is 4.85. The summed E-state index contributed by atoms with van der Waals surface area (Å²) in [5, 5.41) is 0. The fraction of sp³-hybridized carbons (Fsp3) is 0.368. The lowest BCUT2D eigenvalue weighted by atomic mass is 10.1. The summed E-state index contributed by atoms with van der Waals surface area (Å²) < 4.78 is 33.9. The minimum absolute atomic E-state index is 0.143. The Bertz CT molecular complexity index is 839. The number of fused-ring (bicyclic) bond motifs is 2. The lowest BCUT2D eigenvalue weighted by molar-refractivity contribution is 0.185. The van der Waals surface area contributed by atoms with E-state index in [1.807, 2.05) is 6.07 Å². The minimum Gasteiger partial charge on any atom is -0.486 e. The number of nitrogens with zero attached hydrogens (tertiary/aromatic N) is 1. The van der Waals surface area contributed by atoms with Crippen molar-refractivity contribution in [1.29, 1.82) is 0 Å². The first-order valence-electron chi connectivity index (χ1n) is 8.66. The lowest BCUT2D eigenvalue weighted by Gasteiger charge is -2.17. The number of likely N-dealkylation sites (tertiary alicyclic amines) is 1. The Balaban J connectivity index is 1.40. The number of ether oxygens (including phenoxy) is 1. The highest BCUT2D eigenvalue weighted by molar-refractivity contribution is 7.89. The van der Waals surface area contributed by atoms with E-state index in [2.05, 4.69) is 33.9 Å². The molecule has 4 rings (SSSR count). The van der Waals surface area contributed by atoms with E-state index < -0.39 is 10.0 Å². The van der Waals surface area contributed by atoms with Crippen LogP contribution in [-0.2, 0) is 16.4 Å². The molecular weight excluding hydrogens is 336 g/mol. The molecule has 2 aromatic rings. The van der Waals surface area contributed by atoms with Crippen LogP contribution in [0.1, 0.15) is 12.0 Å². The van der Waals surface area contributed by atoms with Crippen molar-refractivity contribution in [2.45, 2.75) is 29.9 Å². The first-order chi connectivity index (χ1) is 12.1. The molecule has 0 unspecified atom stereocenters. The highest BCUT2D eigenvalue weighted by Gasteiger charge is 2.40. The second kappa shape index (κ2) is 6.78. The molecule has 2 atom stereocenters. The Morgan fingerprint density at radius 3 is 2.64 bits per heavy atom. The van der Waals surface area contributed by atoms with Crippen molar-refractivity contribution in [2.24, 2.45) is 0 Å². The molecule has 0 aromatic heterocycles. The fourth-order valence-electron chi connectivity index (χ4n) is 3.61. The zero-order valence-corrected chi connectivity index (χ0v) is 14.8. The summed E-state index contributed by atoms with van der Waals surface area (Å²) >= 11 is 0. The molecule has 0 amide bonds. The van der Waals surface area contributed by atoms with E-state index in [-0.39, 0.29) is 17.0 Å². The van der Waals surface area contributed by atoms with E-state index in [0.29, 0.717) is 12.3 Å². The monoisotopic (exact) mass is 358 g/mol. The molecule has 0 radical (unpaired) electrons. The van der Waals surface area contributed by atoms with Gasteiger partial charge in [-0.3, -0.25) is 4.90 Å². The van der Waals surface area contributed by atoms with E-state index in [0.717, 1.165) is 25.9 Å². The van der Waals surface area contributed by atoms with Gasteiger partial charge in [0.1, 0.15) is 16.7 Å². The molecule has 0 saturated carbocycles. The molecule has 6 heteroatoms. The molecule has 0 aliphatic carbocycles. The maximum absolute atomic E-state index is 12.5. The van der Waals surface area contributed by atoms with Gasteiger partial charge in [-0.2, -0.15) is 0 Å². The van der Waals surface area contributed by atoms with Crippen molar-refractivity contribution < 1.29 is 13.2 Å². The Morgan fingerprint density at radius 1 is 1.04 bits per heavy atom. The Kier molecular flexibility index (Phi) is 4.50. The van der Waals surface area contributed by atoms with Crippen LogP contribution in [0.3, 0.4) is 0 Å². The van der Waals surface area contributed by atoms with Gasteiger partial charge in [-0.25, -0.2) is 13.1 Å². The van der Waals surface area contributed by atoms with Crippen molar-refractivity contribution in [3.8, 4) is 5.75 Å². The number of hydrogen-bond donors (Lipinski definition) is 1. The van der Waals surface area contributed by atoms with E-state index in [1.54, 1.807) is 24.3 Å². The highest BCUT2D eigenvalue weighted by atomic mass is 32.2. The maximum atomic E-state index is 12.5. The van der Waals surface area contributed by atoms with Crippen LogP contribution in [-0.4, -0.2) is 45.1 Å². The zero-order valence-electron chi connectivity index (χ0n) is 14.0. The third kappa shape index (κ3) is 3.56. The molecule has 0 bridgehead atoms. The average Bonchev–Trinajstić information content (AvgIpc) is 2.92. The summed E-state index contributed by atoms with van der Waals surface area (Å²) in [5.41, 5.74) is 1.33. The Hall–Kier alpha value is -1.89. The summed E-state index contributed by atoms with van der Waals surface area (Å²) in [6.07, 6.45) is 1.93. The fourth-order valence-corrected chi connectivity index (χ4v) is 5.00. The summed E-state index contributed by atoms with van der Waals surface area (Å²) in [6.45, 7) is 2.37. The van der Waals surface area contributed by atoms with Crippen LogP contribution in [0.15, 0.2) is 59.5 Å². The molecule has 25 heavy (non-hydrogen) atoms. The molecule has 2 aliphatic heterocycles. The standard InChI is InChI=1S/C19H22N2O3S/c22-25(23)19-11-5-4-10-17(19)24-18-14-21(13-16(18)20-25)12-6-9-15-7-2-1-3-8-15/h1-5,7-8,10-11,16,18,20H,6,9,12-14H2/t16-,18+/m1/s1. The van der Waals surface area contributed by atoms with Gasteiger partial charge in [0, 0.05) is 13.1 Å². The number of nitrogens with one attached hydrogen (secondary N) is 1. The molecule has 2 aliphatic rings. The number of sulfonamides is 1. The van der Waals surface area contributed by atoms with E-state index in [4.69, 9.17) is 4.74 Å². The molecule has 1 fully saturated rings. The quantitative estimate of drug-likeness (QED) is 0.909. The van der Waals surface area contributed by atoms with Crippen LogP contribution >= 0.6 is 0 Å². The van der Waals surface area contributed by atoms with Crippen LogP contribution in [0.5, 0.6) is 5.75 Å². The third-order valence-corrected chi connectivity index (χ3v) is 6.38. The number of hydrogen-bond acceptors (Lipinski definition) is 4. The predicted molar refractivity (Wildman–Crippen MR) is 96.2 cm³/mol. The van der Waals surface area contributed by atoms with Gasteiger partial charge in [0.2, 0.25) is 10.0 Å². The van der Waals surface area contributed by atoms with Gasteiger partial charge in [-0.1, -0.05) is 42.5 Å². The normalized spacial score (nSPS) is 24.8. The number of aryl methyl sites for hydroxylation is 1. The molecule has 5 nitrogen and oxygen atoms in total. The lowest BCUT2D eigenvalue weighted by Crippen LogP contribution is -2.42. The molecule has 2 heterocycles. The van der Waals surface area contributed by atoms with Crippen LogP contribution in [0.4, 0.5) is 0 Å². The molecule has 1 saturated heterocycles. The smallest absolute Gasteiger partial charge is 0.244 e. The van der Waals surface area contributed by atoms with E-state index in [1.165, 1.54) is 5.56 Å². The summed E-state index contributed by atoms with van der Waals surface area (Å²) in [4.78, 5) is 2.52. The molecule has 0 spiro atoms. The van der Waals surface area contributed by atoms with Crippen molar-refractivity contribution in [3.63, 3.8) is 0 Å². The highest BCUT2D eigenvalue weighted by Crippen LogP contribution is 2.30. The molecule has 1 N–H and O–H groups in total. The maximum Gasteiger partial charge on any atom is 0.244 e. The van der Waals surface area contributed by atoms with Crippen molar-refractivity contribution in [2.75, 3.05) is 19.6 Å². The van der Waals surface area contributed by atoms with Gasteiger partial charge in [-0.15, -0.1) is 0 Å². The SMILES string of the molecule is O=S1(=O)N[C@@H]2CN(CCCc3ccccc3)C[C@@H]2Oc2ccccc21. The van der Waals surface area contributed by atoms with Crippen LogP contribution in [0.2, 0.25) is 0 Å². The summed E-state index contributed by atoms with van der Waals surface area (Å²) in [6, 6.07) is 17.1. The first kappa shape index (κ1) is 16.6. The molecule has 132 valence electrons. The predicted octanol–water partition coefficient (Wildman–Crippen LogP) is 2.04. The van der Waals surface area contributed by atoms with Gasteiger partial charge in [0.05, 0.1) is 6.04 Å². The van der Waals surface area contributed by atoms with Gasteiger partial charge in [0.15, 0.2) is 0 Å². The average molecular weight is 358 g/mol. The zero-order chi connectivity index (χ0) is 17.3. The van der Waals surface area contributed by atoms with Gasteiger partial charge in [0.25, 0.3) is 0 Å². The summed E-state index contributed by atoms with van der Waals surface area (Å²) in [5.74, 6) is 0.452. The second-order valence-corrected chi connectivity index (χ2v) is 8.36. The van der Waals surface area contributed by atoms with E-state index in [9.17, 15) is 8.42 Å². The van der Waals surface area contributed by atoms with Crippen LogP contribution in [0, 0.1) is 0 Å².